The van der Waals surface area contributed by atoms with Crippen molar-refractivity contribution in [3.05, 3.63) is 11.6 Å². The molecule has 6 nitrogen and oxygen atoms in total. The second-order valence-electron chi connectivity index (χ2n) is 16.6. The molecule has 2 amide bonds. The van der Waals surface area contributed by atoms with Crippen LogP contribution in [0.2, 0.25) is 0 Å². The Morgan fingerprint density at radius 2 is 1.69 bits per heavy atom. The van der Waals surface area contributed by atoms with Crippen LogP contribution in [0.1, 0.15) is 120 Å². The molecule has 0 aromatic rings. The molecule has 42 heavy (non-hydrogen) atoms. The largest absolute Gasteiger partial charge is 0.353 e. The van der Waals surface area contributed by atoms with E-state index in [0.717, 1.165) is 51.4 Å². The monoisotopic (exact) mass is 578 g/mol. The van der Waals surface area contributed by atoms with E-state index in [1.54, 1.807) is 6.92 Å². The van der Waals surface area contributed by atoms with Crippen LogP contribution in [0.5, 0.6) is 0 Å². The first-order valence-electron chi connectivity index (χ1n) is 16.4. The molecule has 0 heterocycles. The number of allylic oxidation sites excluding steroid dienone is 2. The number of carbonyl (C=O) groups excluding carboxylic acids is 3. The Kier molecular flexibility index (Phi) is 7.31. The molecule has 1 N–H and O–H groups in total. The highest BCUT2D eigenvalue weighted by atomic mass is 16.7. The number of rotatable bonds is 4. The lowest BCUT2D eigenvalue weighted by Gasteiger charge is -2.70. The molecule has 4 fully saturated rings. The molecule has 5 rings (SSSR count). The van der Waals surface area contributed by atoms with Crippen LogP contribution in [-0.4, -0.2) is 35.2 Å². The molecule has 0 saturated heterocycles. The second-order valence-corrected chi connectivity index (χ2v) is 16.6. The standard InChI is InChI=1S/C36H54N2O4/c1-11-38(42-12-2)30(41)33(7)18-17-32(6)19-20-35(9)24(25(32)22-33)21-26(40)29-34(8)15-14-28(37-23(3)39)31(4,5)27(34)13-16-36(29,35)10/h2,21,25,27-29H,11,13-20,22H2,1,3-10H3,(H,37,39)/t25-,27?,28?,29-,32-,33+,34+,35-,36-/m1/s1. The second kappa shape index (κ2) is 9.86. The summed E-state index contributed by atoms with van der Waals surface area (Å²) in [5.74, 6) is 0.757. The first kappa shape index (κ1) is 31.1. The smallest absolute Gasteiger partial charge is 0.261 e. The van der Waals surface area contributed by atoms with Gasteiger partial charge in [-0.05, 0) is 110 Å². The molecule has 4 saturated carbocycles. The number of hydrogen-bond donors (Lipinski definition) is 1. The average molecular weight is 579 g/mol. The summed E-state index contributed by atoms with van der Waals surface area (Å²) in [6.45, 7) is 20.2. The van der Waals surface area contributed by atoms with E-state index in [1.165, 1.54) is 10.6 Å². The van der Waals surface area contributed by atoms with Crippen molar-refractivity contribution in [2.45, 2.75) is 126 Å². The van der Waals surface area contributed by atoms with Gasteiger partial charge in [-0.15, -0.1) is 0 Å². The van der Waals surface area contributed by atoms with Gasteiger partial charge in [-0.25, -0.2) is 0 Å². The number of hydrogen-bond acceptors (Lipinski definition) is 4. The van der Waals surface area contributed by atoms with Crippen molar-refractivity contribution in [3.63, 3.8) is 0 Å². The van der Waals surface area contributed by atoms with Gasteiger partial charge in [0.05, 0.1) is 12.0 Å². The molecule has 5 aliphatic rings. The Morgan fingerprint density at radius 3 is 2.31 bits per heavy atom. The Labute approximate surface area is 254 Å². The number of nitrogens with one attached hydrogen (secondary N) is 1. The highest BCUT2D eigenvalue weighted by molar-refractivity contribution is 5.95. The molecule has 0 aliphatic heterocycles. The van der Waals surface area contributed by atoms with Crippen molar-refractivity contribution in [2.75, 3.05) is 6.54 Å². The molecule has 2 unspecified atom stereocenters. The fourth-order valence-electron chi connectivity index (χ4n) is 11.5. The van der Waals surface area contributed by atoms with Gasteiger partial charge in [-0.3, -0.25) is 14.4 Å². The molecule has 0 radical (unpaired) electrons. The average Bonchev–Trinajstić information content (AvgIpc) is 2.90. The van der Waals surface area contributed by atoms with Crippen molar-refractivity contribution < 1.29 is 19.2 Å². The quantitative estimate of drug-likeness (QED) is 0.293. The lowest BCUT2D eigenvalue weighted by atomic mass is 9.33. The van der Waals surface area contributed by atoms with Gasteiger partial charge in [-0.2, -0.15) is 5.06 Å². The molecule has 9 atom stereocenters. The van der Waals surface area contributed by atoms with Crippen LogP contribution in [-0.2, 0) is 19.2 Å². The maximum Gasteiger partial charge on any atom is 0.261 e. The van der Waals surface area contributed by atoms with E-state index >= 15 is 0 Å². The van der Waals surface area contributed by atoms with E-state index in [4.69, 9.17) is 11.3 Å². The third kappa shape index (κ3) is 4.15. The molecule has 0 aromatic heterocycles. The van der Waals surface area contributed by atoms with E-state index in [9.17, 15) is 14.4 Å². The van der Waals surface area contributed by atoms with Crippen molar-refractivity contribution in [2.24, 2.45) is 50.2 Å². The van der Waals surface area contributed by atoms with E-state index in [0.29, 0.717) is 24.7 Å². The van der Waals surface area contributed by atoms with Gasteiger partial charge in [0.2, 0.25) is 5.91 Å². The van der Waals surface area contributed by atoms with Crippen molar-refractivity contribution in [1.82, 2.24) is 10.4 Å². The van der Waals surface area contributed by atoms with Crippen molar-refractivity contribution >= 4 is 17.6 Å². The zero-order valence-corrected chi connectivity index (χ0v) is 27.6. The Hall–Kier alpha value is -2.29. The predicted molar refractivity (Wildman–Crippen MR) is 164 cm³/mol. The van der Waals surface area contributed by atoms with Gasteiger partial charge in [0.1, 0.15) is 6.11 Å². The normalized spacial score (nSPS) is 45.5. The third-order valence-corrected chi connectivity index (χ3v) is 14.2. The fourth-order valence-corrected chi connectivity index (χ4v) is 11.5. The molecule has 6 heteroatoms. The van der Waals surface area contributed by atoms with Crippen LogP contribution in [0.4, 0.5) is 0 Å². The summed E-state index contributed by atoms with van der Waals surface area (Å²) < 4.78 is 0. The number of ketones is 1. The predicted octanol–water partition coefficient (Wildman–Crippen LogP) is 6.84. The Bertz CT molecular complexity index is 1250. The summed E-state index contributed by atoms with van der Waals surface area (Å²) in [5, 5.41) is 4.59. The van der Waals surface area contributed by atoms with Gasteiger partial charge in [-0.1, -0.05) is 60.5 Å². The number of hydroxylamine groups is 2. The zero-order chi connectivity index (χ0) is 31.1. The first-order valence-corrected chi connectivity index (χ1v) is 16.4. The van der Waals surface area contributed by atoms with Crippen LogP contribution >= 0.6 is 0 Å². The summed E-state index contributed by atoms with van der Waals surface area (Å²) in [4.78, 5) is 45.7. The topological polar surface area (TPSA) is 75.7 Å². The fraction of sp³-hybridized carbons (Fsp3) is 0.806. The van der Waals surface area contributed by atoms with Gasteiger partial charge in [0.15, 0.2) is 5.78 Å². The maximum atomic E-state index is 14.6. The van der Waals surface area contributed by atoms with Crippen LogP contribution in [0, 0.1) is 62.8 Å². The number of nitrogens with zero attached hydrogens (tertiary/aromatic N) is 1. The van der Waals surface area contributed by atoms with Gasteiger partial charge in [0, 0.05) is 18.9 Å². The molecular formula is C36H54N2O4. The number of amides is 2. The highest BCUT2D eigenvalue weighted by Gasteiger charge is 2.70. The summed E-state index contributed by atoms with van der Waals surface area (Å²) in [6, 6.07) is 0.131. The zero-order valence-electron chi connectivity index (χ0n) is 27.6. The molecule has 232 valence electrons. The van der Waals surface area contributed by atoms with Gasteiger partial charge < -0.3 is 10.2 Å². The molecule has 0 spiro atoms. The first-order chi connectivity index (χ1) is 19.4. The number of carbonyl (C=O) groups is 3. The maximum absolute atomic E-state index is 14.6. The van der Waals surface area contributed by atoms with Gasteiger partial charge in [0.25, 0.3) is 5.91 Å². The summed E-state index contributed by atoms with van der Waals surface area (Å²) >= 11 is 0. The van der Waals surface area contributed by atoms with E-state index in [2.05, 4.69) is 66.0 Å². The molecule has 0 aromatic carbocycles. The molecule has 5 aliphatic carbocycles. The third-order valence-electron chi connectivity index (χ3n) is 14.2. The lowest BCUT2D eigenvalue weighted by Crippen LogP contribution is -2.67. The van der Waals surface area contributed by atoms with Crippen LogP contribution < -0.4 is 5.32 Å². The Balaban J connectivity index is 1.54. The van der Waals surface area contributed by atoms with E-state index in [-0.39, 0.29) is 56.8 Å². The van der Waals surface area contributed by atoms with Crippen LogP contribution in [0.25, 0.3) is 0 Å². The molecular weight excluding hydrogens is 524 g/mol. The lowest BCUT2D eigenvalue weighted by molar-refractivity contribution is -0.192. The SMILES string of the molecule is C#CON(CC)C(=O)[C@@]1(C)CC[C@]2(C)CC[C@]3(C)C(=CC(=O)[C@@H]4[C@@]5(C)CCC(NC(C)=O)C(C)(C)C5CC[C@]43C)[C@H]2C1. The minimum absolute atomic E-state index is 0.0299. The highest BCUT2D eigenvalue weighted by Crippen LogP contribution is 2.75. The number of fused-ring (bicyclic) bond motifs is 7. The number of terminal acetylenes is 1. The summed E-state index contributed by atoms with van der Waals surface area (Å²) in [7, 11) is 0. The van der Waals surface area contributed by atoms with Crippen molar-refractivity contribution in [1.29, 1.82) is 0 Å². The van der Waals surface area contributed by atoms with E-state index < -0.39 is 5.41 Å². The van der Waals surface area contributed by atoms with Crippen LogP contribution in [0.15, 0.2) is 11.6 Å². The Morgan fingerprint density at radius 1 is 1.02 bits per heavy atom. The van der Waals surface area contributed by atoms with Crippen LogP contribution in [0.3, 0.4) is 0 Å². The summed E-state index contributed by atoms with van der Waals surface area (Å²) in [6.07, 6.45) is 18.3. The van der Waals surface area contributed by atoms with E-state index in [1.807, 2.05) is 6.92 Å². The van der Waals surface area contributed by atoms with Crippen molar-refractivity contribution in [3.8, 4) is 12.5 Å². The summed E-state index contributed by atoms with van der Waals surface area (Å²) in [5.41, 5.74) is 0.298. The minimum Gasteiger partial charge on any atom is -0.353 e. The minimum atomic E-state index is -0.591. The molecule has 0 bridgehead atoms. The van der Waals surface area contributed by atoms with Gasteiger partial charge >= 0.3 is 0 Å².